The first kappa shape index (κ1) is 20.2. The molecule has 0 aromatic rings. The Hall–Kier alpha value is -0.0800. The predicted octanol–water partition coefficient (Wildman–Crippen LogP) is 7.09. The van der Waals surface area contributed by atoms with E-state index in [1.165, 1.54) is 70.3 Å². The Morgan fingerprint density at radius 3 is 1.21 bits per heavy atom. The molecule has 0 unspecified atom stereocenters. The average Bonchev–Trinajstić information content (AvgIpc) is 2.52. The Morgan fingerprint density at radius 1 is 0.625 bits per heavy atom. The first-order valence-electron chi connectivity index (χ1n) is 10.2. The first-order valence-corrected chi connectivity index (χ1v) is 10.2. The van der Waals surface area contributed by atoms with Crippen LogP contribution in [0.25, 0.3) is 0 Å². The summed E-state index contributed by atoms with van der Waals surface area (Å²) in [6.45, 7) is 14.5. The van der Waals surface area contributed by atoms with Crippen LogP contribution in [-0.2, 0) is 9.78 Å². The Labute approximate surface area is 151 Å². The van der Waals surface area contributed by atoms with Crippen LogP contribution in [0.5, 0.6) is 0 Å². The second-order valence-corrected chi connectivity index (χ2v) is 10.4. The molecule has 2 heteroatoms. The summed E-state index contributed by atoms with van der Waals surface area (Å²) in [6, 6.07) is 0. The zero-order valence-corrected chi connectivity index (χ0v) is 17.4. The summed E-state index contributed by atoms with van der Waals surface area (Å²) in [5.41, 5.74) is 0.645. The number of hydrogen-bond donors (Lipinski definition) is 0. The van der Waals surface area contributed by atoms with Crippen LogP contribution in [0.1, 0.15) is 106 Å². The van der Waals surface area contributed by atoms with Gasteiger partial charge in [0.25, 0.3) is 0 Å². The largest absolute Gasteiger partial charge is 0.239 e. The average molecular weight is 338 g/mol. The van der Waals surface area contributed by atoms with Crippen LogP contribution < -0.4 is 0 Å². The van der Waals surface area contributed by atoms with Gasteiger partial charge in [-0.15, -0.1) is 0 Å². The van der Waals surface area contributed by atoms with Crippen molar-refractivity contribution in [2.24, 2.45) is 21.7 Å². The van der Waals surface area contributed by atoms with E-state index in [-0.39, 0.29) is 21.7 Å². The highest BCUT2D eigenvalue weighted by Crippen LogP contribution is 2.67. The van der Waals surface area contributed by atoms with E-state index in [1.807, 2.05) is 0 Å². The van der Waals surface area contributed by atoms with Crippen LogP contribution in [0.4, 0.5) is 0 Å². The summed E-state index contributed by atoms with van der Waals surface area (Å²) in [6.07, 6.45) is 14.2. The monoisotopic (exact) mass is 337 g/mol. The predicted molar refractivity (Wildman–Crippen MR) is 101 cm³/mol. The third kappa shape index (κ3) is 3.43. The lowest BCUT2D eigenvalue weighted by Crippen LogP contribution is -2.55. The minimum absolute atomic E-state index is 0.131. The molecule has 2 aliphatic carbocycles. The molecular weight excluding hydrogens is 296 g/mol. The lowest BCUT2D eigenvalue weighted by Gasteiger charge is -2.60. The van der Waals surface area contributed by atoms with Crippen molar-refractivity contribution in [2.75, 3.05) is 7.11 Å². The van der Waals surface area contributed by atoms with Crippen molar-refractivity contribution in [2.45, 2.75) is 106 Å². The standard InChI is InChI=1S/C22H41O2/c1-19(2,3)21(14-10-8-11-15-21)18(24-23-7)22(20(4,5)6)16-12-9-13-17-22/h8-17H2,1-7H3. The van der Waals surface area contributed by atoms with Crippen LogP contribution in [0.15, 0.2) is 0 Å². The molecule has 2 fully saturated rings. The first-order chi connectivity index (χ1) is 11.1. The molecule has 24 heavy (non-hydrogen) atoms. The van der Waals surface area contributed by atoms with Crippen LogP contribution in [-0.4, -0.2) is 7.11 Å². The maximum atomic E-state index is 6.20. The van der Waals surface area contributed by atoms with E-state index in [9.17, 15) is 0 Å². The highest BCUT2D eigenvalue weighted by Gasteiger charge is 2.61. The summed E-state index contributed by atoms with van der Waals surface area (Å²) >= 11 is 0. The normalized spacial score (nSPS) is 25.0. The zero-order valence-electron chi connectivity index (χ0n) is 17.4. The third-order valence-corrected chi connectivity index (χ3v) is 7.32. The van der Waals surface area contributed by atoms with Gasteiger partial charge in [-0.3, -0.25) is 0 Å². The van der Waals surface area contributed by atoms with Crippen LogP contribution in [0.2, 0.25) is 0 Å². The van der Waals surface area contributed by atoms with E-state index in [2.05, 4.69) is 41.5 Å². The van der Waals surface area contributed by atoms with E-state index in [0.717, 1.165) is 0 Å². The molecule has 0 atom stereocenters. The fraction of sp³-hybridized carbons (Fsp3) is 0.955. The smallest absolute Gasteiger partial charge is 0.149 e. The Bertz CT molecular complexity index is 351. The molecule has 141 valence electrons. The minimum atomic E-state index is 0.131. The van der Waals surface area contributed by atoms with Gasteiger partial charge in [0.05, 0.1) is 7.11 Å². The summed E-state index contributed by atoms with van der Waals surface area (Å²) in [4.78, 5) is 11.6. The van der Waals surface area contributed by atoms with Crippen molar-refractivity contribution in [3.8, 4) is 0 Å². The van der Waals surface area contributed by atoms with E-state index >= 15 is 0 Å². The van der Waals surface area contributed by atoms with Gasteiger partial charge in [0.1, 0.15) is 6.10 Å². The van der Waals surface area contributed by atoms with E-state index in [4.69, 9.17) is 9.78 Å². The van der Waals surface area contributed by atoms with Gasteiger partial charge in [-0.05, 0) is 36.5 Å². The van der Waals surface area contributed by atoms with Gasteiger partial charge in [0.15, 0.2) is 0 Å². The number of rotatable bonds is 4. The molecule has 2 rings (SSSR count). The minimum Gasteiger partial charge on any atom is -0.239 e. The molecule has 2 nitrogen and oxygen atoms in total. The van der Waals surface area contributed by atoms with Gasteiger partial charge in [-0.1, -0.05) is 80.1 Å². The van der Waals surface area contributed by atoms with E-state index < -0.39 is 0 Å². The van der Waals surface area contributed by atoms with Crippen molar-refractivity contribution in [3.05, 3.63) is 6.10 Å². The van der Waals surface area contributed by atoms with Crippen molar-refractivity contribution in [3.63, 3.8) is 0 Å². The van der Waals surface area contributed by atoms with Gasteiger partial charge in [-0.2, -0.15) is 0 Å². The van der Waals surface area contributed by atoms with Crippen molar-refractivity contribution in [1.82, 2.24) is 0 Å². The molecule has 0 heterocycles. The molecule has 0 aliphatic heterocycles. The lowest BCUT2D eigenvalue weighted by atomic mass is 9.45. The summed E-state index contributed by atoms with van der Waals surface area (Å²) in [5, 5.41) is 0. The maximum Gasteiger partial charge on any atom is 0.149 e. The molecule has 2 aliphatic rings. The third-order valence-electron chi connectivity index (χ3n) is 7.32. The quantitative estimate of drug-likeness (QED) is 0.402. The highest BCUT2D eigenvalue weighted by atomic mass is 17.2. The van der Waals surface area contributed by atoms with E-state index in [1.54, 1.807) is 7.11 Å². The van der Waals surface area contributed by atoms with Gasteiger partial charge in [0, 0.05) is 10.8 Å². The van der Waals surface area contributed by atoms with Gasteiger partial charge in [-0.25, -0.2) is 9.78 Å². The molecule has 0 bridgehead atoms. The van der Waals surface area contributed by atoms with Gasteiger partial charge >= 0.3 is 0 Å². The van der Waals surface area contributed by atoms with Crippen LogP contribution >= 0.6 is 0 Å². The molecular formula is C22H41O2. The topological polar surface area (TPSA) is 18.5 Å². The van der Waals surface area contributed by atoms with Crippen LogP contribution in [0, 0.1) is 27.8 Å². The molecule has 0 N–H and O–H groups in total. The van der Waals surface area contributed by atoms with Crippen molar-refractivity contribution in [1.29, 1.82) is 0 Å². The molecule has 1 radical (unpaired) electrons. The summed E-state index contributed by atoms with van der Waals surface area (Å²) < 4.78 is 0. The SMILES string of the molecule is COO[C](C1(C(C)(C)C)CCCCC1)C1(C(C)(C)C)CCCCC1. The Balaban J connectivity index is 2.55. The van der Waals surface area contributed by atoms with Crippen molar-refractivity contribution >= 4 is 0 Å². The fourth-order valence-corrected chi connectivity index (χ4v) is 5.65. The van der Waals surface area contributed by atoms with Gasteiger partial charge in [0.2, 0.25) is 0 Å². The molecule has 0 saturated heterocycles. The van der Waals surface area contributed by atoms with Crippen molar-refractivity contribution < 1.29 is 9.78 Å². The second-order valence-electron chi connectivity index (χ2n) is 10.4. The summed E-state index contributed by atoms with van der Waals surface area (Å²) in [7, 11) is 1.69. The van der Waals surface area contributed by atoms with Gasteiger partial charge < -0.3 is 0 Å². The van der Waals surface area contributed by atoms with Crippen LogP contribution in [0.3, 0.4) is 0 Å². The lowest BCUT2D eigenvalue weighted by molar-refractivity contribution is -0.324. The molecule has 0 amide bonds. The summed E-state index contributed by atoms with van der Waals surface area (Å²) in [5.74, 6) is 0. The second kappa shape index (κ2) is 7.27. The molecule has 0 aromatic carbocycles. The number of hydrogen-bond acceptors (Lipinski definition) is 2. The zero-order chi connectivity index (χ0) is 18.1. The Kier molecular flexibility index (Phi) is 6.13. The molecule has 0 spiro atoms. The van der Waals surface area contributed by atoms with E-state index in [0.29, 0.717) is 0 Å². The fourth-order valence-electron chi connectivity index (χ4n) is 5.65. The Morgan fingerprint density at radius 2 is 0.958 bits per heavy atom. The molecule has 2 saturated carbocycles. The highest BCUT2D eigenvalue weighted by molar-refractivity contribution is 5.19. The molecule has 0 aromatic heterocycles. The maximum absolute atomic E-state index is 6.20.